The molecule has 3 rings (SSSR count). The molecule has 0 bridgehead atoms. The molecule has 1 aromatic carbocycles. The van der Waals surface area contributed by atoms with Crippen molar-refractivity contribution in [1.82, 2.24) is 14.5 Å². The van der Waals surface area contributed by atoms with Crippen LogP contribution in [-0.2, 0) is 17.8 Å². The Balaban J connectivity index is 1.52. The second-order valence-electron chi connectivity index (χ2n) is 5.70. The van der Waals surface area contributed by atoms with Crippen molar-refractivity contribution in [3.63, 3.8) is 0 Å². The number of rotatable bonds is 6. The van der Waals surface area contributed by atoms with Crippen molar-refractivity contribution in [3.8, 4) is 0 Å². The first kappa shape index (κ1) is 15.3. The van der Waals surface area contributed by atoms with E-state index in [-0.39, 0.29) is 5.91 Å². The van der Waals surface area contributed by atoms with Crippen molar-refractivity contribution in [2.75, 3.05) is 13.6 Å². The normalized spacial score (nSPS) is 10.8. The fraction of sp³-hybridized carbons (Fsp3) is 0.263. The van der Waals surface area contributed by atoms with Gasteiger partial charge in [-0.2, -0.15) is 0 Å². The topological polar surface area (TPSA) is 38.1 Å². The van der Waals surface area contributed by atoms with E-state index in [0.717, 1.165) is 12.1 Å². The smallest absolute Gasteiger partial charge is 0.224 e. The lowest BCUT2D eigenvalue weighted by Crippen LogP contribution is -2.29. The first-order chi connectivity index (χ1) is 11.2. The van der Waals surface area contributed by atoms with Crippen molar-refractivity contribution in [2.24, 2.45) is 0 Å². The summed E-state index contributed by atoms with van der Waals surface area (Å²) in [6.07, 6.45) is 5.13. The zero-order valence-electron chi connectivity index (χ0n) is 13.4. The van der Waals surface area contributed by atoms with Crippen LogP contribution in [0.25, 0.3) is 10.9 Å². The van der Waals surface area contributed by atoms with E-state index in [4.69, 9.17) is 0 Å². The molecule has 2 aromatic heterocycles. The Labute approximate surface area is 136 Å². The molecule has 2 heterocycles. The molecule has 0 spiro atoms. The van der Waals surface area contributed by atoms with Crippen LogP contribution in [0.2, 0.25) is 0 Å². The molecule has 23 heavy (non-hydrogen) atoms. The Hall–Kier alpha value is -2.62. The summed E-state index contributed by atoms with van der Waals surface area (Å²) >= 11 is 0. The molecule has 3 aromatic rings. The molecule has 118 valence electrons. The number of benzene rings is 1. The molecular weight excluding hydrogens is 286 g/mol. The van der Waals surface area contributed by atoms with Crippen LogP contribution in [0.4, 0.5) is 0 Å². The van der Waals surface area contributed by atoms with Gasteiger partial charge in [-0.15, -0.1) is 0 Å². The average molecular weight is 307 g/mol. The summed E-state index contributed by atoms with van der Waals surface area (Å²) in [5.74, 6) is 0.165. The molecule has 0 N–H and O–H groups in total. The summed E-state index contributed by atoms with van der Waals surface area (Å²) in [4.78, 5) is 18.4. The first-order valence-corrected chi connectivity index (χ1v) is 7.92. The molecule has 0 radical (unpaired) electrons. The number of fused-ring (bicyclic) bond motifs is 1. The first-order valence-electron chi connectivity index (χ1n) is 7.92. The number of amides is 1. The molecule has 1 amide bonds. The number of likely N-dealkylation sites (N-methyl/N-ethyl adjacent to an activating group) is 1. The number of carbonyl (C=O) groups excluding carboxylic acids is 1. The minimum absolute atomic E-state index is 0.165. The van der Waals surface area contributed by atoms with Gasteiger partial charge >= 0.3 is 0 Å². The van der Waals surface area contributed by atoms with Crippen molar-refractivity contribution in [3.05, 3.63) is 66.6 Å². The number of para-hydroxylation sites is 1. The van der Waals surface area contributed by atoms with Crippen molar-refractivity contribution in [2.45, 2.75) is 19.4 Å². The van der Waals surface area contributed by atoms with Crippen LogP contribution in [0.15, 0.2) is 60.9 Å². The van der Waals surface area contributed by atoms with Crippen LogP contribution in [0, 0.1) is 0 Å². The number of hydrogen-bond donors (Lipinski definition) is 0. The predicted octanol–water partition coefficient (Wildman–Crippen LogP) is 3.13. The molecule has 0 saturated carbocycles. The van der Waals surface area contributed by atoms with Crippen LogP contribution in [0.5, 0.6) is 0 Å². The molecule has 0 aliphatic rings. The molecule has 0 aliphatic carbocycles. The second-order valence-corrected chi connectivity index (χ2v) is 5.70. The Morgan fingerprint density at radius 2 is 1.96 bits per heavy atom. The lowest BCUT2D eigenvalue weighted by molar-refractivity contribution is -0.130. The van der Waals surface area contributed by atoms with Crippen molar-refractivity contribution >= 4 is 16.8 Å². The lowest BCUT2D eigenvalue weighted by atomic mass is 10.2. The van der Waals surface area contributed by atoms with Crippen LogP contribution in [-0.4, -0.2) is 34.0 Å². The van der Waals surface area contributed by atoms with Gasteiger partial charge in [-0.05, 0) is 29.7 Å². The molecule has 0 aliphatic heterocycles. The van der Waals surface area contributed by atoms with Crippen LogP contribution in [0.1, 0.15) is 12.1 Å². The number of aryl methyl sites for hydroxylation is 1. The van der Waals surface area contributed by atoms with E-state index in [1.165, 1.54) is 10.9 Å². The number of hydrogen-bond acceptors (Lipinski definition) is 2. The largest absolute Gasteiger partial charge is 0.347 e. The monoisotopic (exact) mass is 307 g/mol. The molecular formula is C19H21N3O. The number of nitrogens with zero attached hydrogens (tertiary/aromatic N) is 3. The van der Waals surface area contributed by atoms with Gasteiger partial charge in [0.25, 0.3) is 0 Å². The minimum Gasteiger partial charge on any atom is -0.347 e. The fourth-order valence-corrected chi connectivity index (χ4v) is 2.70. The van der Waals surface area contributed by atoms with Crippen LogP contribution >= 0.6 is 0 Å². The van der Waals surface area contributed by atoms with Gasteiger partial charge in [-0.25, -0.2) is 0 Å². The third-order valence-corrected chi connectivity index (χ3v) is 4.10. The van der Waals surface area contributed by atoms with E-state index in [0.29, 0.717) is 19.5 Å². The van der Waals surface area contributed by atoms with E-state index in [9.17, 15) is 4.79 Å². The van der Waals surface area contributed by atoms with Crippen LogP contribution < -0.4 is 0 Å². The van der Waals surface area contributed by atoms with Gasteiger partial charge in [-0.3, -0.25) is 9.78 Å². The summed E-state index contributed by atoms with van der Waals surface area (Å²) in [6, 6.07) is 16.2. The number of pyridine rings is 1. The van der Waals surface area contributed by atoms with Gasteiger partial charge < -0.3 is 9.47 Å². The maximum atomic E-state index is 12.3. The van der Waals surface area contributed by atoms with Crippen molar-refractivity contribution < 1.29 is 4.79 Å². The average Bonchev–Trinajstić information content (AvgIpc) is 3.01. The number of aromatic nitrogens is 2. The van der Waals surface area contributed by atoms with Crippen LogP contribution in [0.3, 0.4) is 0 Å². The summed E-state index contributed by atoms with van der Waals surface area (Å²) in [5, 5.41) is 1.21. The standard InChI is InChI=1S/C19H21N3O/c1-21(13-10-17-7-4-5-12-20-17)19(23)11-15-22-14-9-16-6-2-3-8-18(16)22/h2-9,12,14H,10-11,13,15H2,1H3. The molecule has 4 heteroatoms. The highest BCUT2D eigenvalue weighted by Crippen LogP contribution is 2.15. The predicted molar refractivity (Wildman–Crippen MR) is 92.1 cm³/mol. The molecule has 0 unspecified atom stereocenters. The van der Waals surface area contributed by atoms with E-state index >= 15 is 0 Å². The highest BCUT2D eigenvalue weighted by molar-refractivity contribution is 5.80. The minimum atomic E-state index is 0.165. The highest BCUT2D eigenvalue weighted by Gasteiger charge is 2.10. The lowest BCUT2D eigenvalue weighted by Gasteiger charge is -2.17. The highest BCUT2D eigenvalue weighted by atomic mass is 16.2. The fourth-order valence-electron chi connectivity index (χ4n) is 2.70. The molecule has 0 fully saturated rings. The van der Waals surface area contributed by atoms with E-state index < -0.39 is 0 Å². The van der Waals surface area contributed by atoms with Gasteiger partial charge in [0.05, 0.1) is 0 Å². The Morgan fingerprint density at radius 3 is 2.78 bits per heavy atom. The van der Waals surface area contributed by atoms with Gasteiger partial charge in [0.15, 0.2) is 0 Å². The Kier molecular flexibility index (Phi) is 4.71. The Bertz CT molecular complexity index is 779. The molecule has 0 saturated heterocycles. The van der Waals surface area contributed by atoms with E-state index in [1.807, 2.05) is 43.6 Å². The van der Waals surface area contributed by atoms with Gasteiger partial charge in [0.2, 0.25) is 5.91 Å². The third-order valence-electron chi connectivity index (χ3n) is 4.10. The van der Waals surface area contributed by atoms with Gasteiger partial charge in [-0.1, -0.05) is 24.3 Å². The summed E-state index contributed by atoms with van der Waals surface area (Å²) in [5.41, 5.74) is 2.19. The summed E-state index contributed by atoms with van der Waals surface area (Å²) in [7, 11) is 1.86. The van der Waals surface area contributed by atoms with Gasteiger partial charge in [0, 0.05) is 56.6 Å². The summed E-state index contributed by atoms with van der Waals surface area (Å²) < 4.78 is 2.14. The number of carbonyl (C=O) groups is 1. The SMILES string of the molecule is CN(CCc1ccccn1)C(=O)CCn1ccc2ccccc21. The molecule has 0 atom stereocenters. The maximum absolute atomic E-state index is 12.3. The van der Waals surface area contributed by atoms with Crippen molar-refractivity contribution in [1.29, 1.82) is 0 Å². The van der Waals surface area contributed by atoms with E-state index in [2.05, 4.69) is 27.8 Å². The third kappa shape index (κ3) is 3.77. The summed E-state index contributed by atoms with van der Waals surface area (Å²) in [6.45, 7) is 1.41. The van der Waals surface area contributed by atoms with E-state index in [1.54, 1.807) is 11.1 Å². The molecule has 4 nitrogen and oxygen atoms in total. The quantitative estimate of drug-likeness (QED) is 0.702. The second kappa shape index (κ2) is 7.09. The zero-order chi connectivity index (χ0) is 16.1. The van der Waals surface area contributed by atoms with Gasteiger partial charge in [0.1, 0.15) is 0 Å². The maximum Gasteiger partial charge on any atom is 0.224 e. The zero-order valence-corrected chi connectivity index (χ0v) is 13.4. The Morgan fingerprint density at radius 1 is 1.13 bits per heavy atom.